The summed E-state index contributed by atoms with van der Waals surface area (Å²) in [6, 6.07) is 9.01. The minimum absolute atomic E-state index is 0.146. The third-order valence-corrected chi connectivity index (χ3v) is 4.28. The molecule has 2 N–H and O–H groups in total. The molecule has 100 valence electrons. The van der Waals surface area contributed by atoms with Crippen molar-refractivity contribution >= 4 is 15.9 Å². The normalized spacial score (nSPS) is 22.9. The molecule has 0 spiro atoms. The summed E-state index contributed by atoms with van der Waals surface area (Å²) < 4.78 is 1.13. The van der Waals surface area contributed by atoms with Crippen molar-refractivity contribution in [1.82, 2.24) is 4.90 Å². The lowest BCUT2D eigenvalue weighted by molar-refractivity contribution is 0.197. The van der Waals surface area contributed by atoms with Crippen molar-refractivity contribution in [3.05, 3.63) is 34.3 Å². The van der Waals surface area contributed by atoms with E-state index in [4.69, 9.17) is 5.73 Å². The lowest BCUT2D eigenvalue weighted by Crippen LogP contribution is -2.39. The number of hydrogen-bond acceptors (Lipinski definition) is 2. The van der Waals surface area contributed by atoms with Crippen LogP contribution in [0.5, 0.6) is 0 Å². The van der Waals surface area contributed by atoms with Crippen LogP contribution in [-0.4, -0.2) is 24.0 Å². The number of nitrogens with zero attached hydrogens (tertiary/aromatic N) is 1. The van der Waals surface area contributed by atoms with Crippen LogP contribution in [0.2, 0.25) is 0 Å². The average Bonchev–Trinajstić information content (AvgIpc) is 2.58. The van der Waals surface area contributed by atoms with E-state index in [1.54, 1.807) is 0 Å². The minimum atomic E-state index is 0.146. The predicted molar refractivity (Wildman–Crippen MR) is 80.5 cm³/mol. The van der Waals surface area contributed by atoms with Gasteiger partial charge in [0.15, 0.2) is 0 Å². The van der Waals surface area contributed by atoms with Gasteiger partial charge in [0.25, 0.3) is 0 Å². The molecule has 1 aliphatic rings. The van der Waals surface area contributed by atoms with E-state index >= 15 is 0 Å². The Bertz CT molecular complexity index is 415. The fraction of sp³-hybridized carbons (Fsp3) is 0.600. The first-order chi connectivity index (χ1) is 8.39. The number of nitrogens with two attached hydrogens (primary N) is 1. The maximum absolute atomic E-state index is 6.23. The molecule has 1 heterocycles. The SMILES string of the molecule is CC(N)C(c1cccc(Br)c1)N1CCC(C)(C)C1. The van der Waals surface area contributed by atoms with Crippen molar-refractivity contribution in [1.29, 1.82) is 0 Å². The summed E-state index contributed by atoms with van der Waals surface area (Å²) >= 11 is 3.55. The maximum Gasteiger partial charge on any atom is 0.0497 e. The van der Waals surface area contributed by atoms with Crippen molar-refractivity contribution in [3.8, 4) is 0 Å². The van der Waals surface area contributed by atoms with Gasteiger partial charge in [0.2, 0.25) is 0 Å². The highest BCUT2D eigenvalue weighted by molar-refractivity contribution is 9.10. The van der Waals surface area contributed by atoms with Crippen LogP contribution >= 0.6 is 15.9 Å². The van der Waals surface area contributed by atoms with Gasteiger partial charge in [0.1, 0.15) is 0 Å². The molecule has 3 heteroatoms. The van der Waals surface area contributed by atoms with Crippen LogP contribution in [0.4, 0.5) is 0 Å². The van der Waals surface area contributed by atoms with E-state index in [9.17, 15) is 0 Å². The first kappa shape index (κ1) is 14.0. The molecular weight excluding hydrogens is 288 g/mol. The Morgan fingerprint density at radius 2 is 2.11 bits per heavy atom. The van der Waals surface area contributed by atoms with Gasteiger partial charge < -0.3 is 5.73 Å². The molecule has 1 saturated heterocycles. The van der Waals surface area contributed by atoms with E-state index in [0.29, 0.717) is 11.5 Å². The summed E-state index contributed by atoms with van der Waals surface area (Å²) in [4.78, 5) is 2.53. The standard InChI is InChI=1S/C15H23BrN2/c1-11(17)14(12-5-4-6-13(16)9-12)18-8-7-15(2,3)10-18/h4-6,9,11,14H,7-8,10,17H2,1-3H3. The second kappa shape index (κ2) is 5.32. The van der Waals surface area contributed by atoms with Crippen LogP contribution in [0, 0.1) is 5.41 Å². The van der Waals surface area contributed by atoms with E-state index in [0.717, 1.165) is 17.6 Å². The Kier molecular flexibility index (Phi) is 4.15. The molecule has 1 aromatic carbocycles. The Balaban J connectivity index is 2.24. The van der Waals surface area contributed by atoms with E-state index < -0.39 is 0 Å². The molecule has 2 atom stereocenters. The van der Waals surface area contributed by atoms with Crippen LogP contribution in [0.15, 0.2) is 28.7 Å². The van der Waals surface area contributed by atoms with Gasteiger partial charge >= 0.3 is 0 Å². The van der Waals surface area contributed by atoms with Crippen molar-refractivity contribution in [2.24, 2.45) is 11.1 Å². The summed E-state index contributed by atoms with van der Waals surface area (Å²) in [5.41, 5.74) is 7.96. The number of halogens is 1. The first-order valence-electron chi connectivity index (χ1n) is 6.64. The Hall–Kier alpha value is -0.380. The monoisotopic (exact) mass is 310 g/mol. The smallest absolute Gasteiger partial charge is 0.0497 e. The van der Waals surface area contributed by atoms with Crippen molar-refractivity contribution in [2.45, 2.75) is 39.3 Å². The van der Waals surface area contributed by atoms with Gasteiger partial charge in [-0.15, -0.1) is 0 Å². The highest BCUT2D eigenvalue weighted by Crippen LogP contribution is 2.36. The van der Waals surface area contributed by atoms with Gasteiger partial charge in [-0.3, -0.25) is 4.90 Å². The largest absolute Gasteiger partial charge is 0.326 e. The van der Waals surface area contributed by atoms with Crippen molar-refractivity contribution in [2.75, 3.05) is 13.1 Å². The van der Waals surface area contributed by atoms with E-state index in [-0.39, 0.29) is 6.04 Å². The fourth-order valence-corrected chi connectivity index (χ4v) is 3.35. The summed E-state index contributed by atoms with van der Waals surface area (Å²) in [5.74, 6) is 0. The van der Waals surface area contributed by atoms with Gasteiger partial charge in [0.05, 0.1) is 0 Å². The fourth-order valence-electron chi connectivity index (χ4n) is 2.93. The molecule has 2 nitrogen and oxygen atoms in total. The molecule has 0 saturated carbocycles. The van der Waals surface area contributed by atoms with Crippen molar-refractivity contribution < 1.29 is 0 Å². The topological polar surface area (TPSA) is 29.3 Å². The zero-order valence-electron chi connectivity index (χ0n) is 11.5. The summed E-state index contributed by atoms with van der Waals surface area (Å²) in [7, 11) is 0. The lowest BCUT2D eigenvalue weighted by Gasteiger charge is -2.32. The van der Waals surface area contributed by atoms with Crippen LogP contribution in [-0.2, 0) is 0 Å². The molecule has 0 bridgehead atoms. The number of benzene rings is 1. The van der Waals surface area contributed by atoms with Gasteiger partial charge in [-0.25, -0.2) is 0 Å². The lowest BCUT2D eigenvalue weighted by atomic mass is 9.93. The van der Waals surface area contributed by atoms with Gasteiger partial charge in [-0.1, -0.05) is 41.9 Å². The molecule has 2 rings (SSSR count). The van der Waals surface area contributed by atoms with Gasteiger partial charge in [-0.05, 0) is 43.0 Å². The number of rotatable bonds is 3. The Labute approximate surface area is 119 Å². The van der Waals surface area contributed by atoms with Gasteiger partial charge in [0, 0.05) is 23.1 Å². The van der Waals surface area contributed by atoms with Gasteiger partial charge in [-0.2, -0.15) is 0 Å². The number of likely N-dealkylation sites (tertiary alicyclic amines) is 1. The molecule has 18 heavy (non-hydrogen) atoms. The highest BCUT2D eigenvalue weighted by atomic mass is 79.9. The average molecular weight is 311 g/mol. The Morgan fingerprint density at radius 3 is 2.61 bits per heavy atom. The quantitative estimate of drug-likeness (QED) is 0.924. The highest BCUT2D eigenvalue weighted by Gasteiger charge is 2.35. The molecular formula is C15H23BrN2. The third-order valence-electron chi connectivity index (χ3n) is 3.79. The number of hydrogen-bond donors (Lipinski definition) is 1. The molecule has 1 aliphatic heterocycles. The Morgan fingerprint density at radius 1 is 1.39 bits per heavy atom. The van der Waals surface area contributed by atoms with E-state index in [1.165, 1.54) is 12.0 Å². The minimum Gasteiger partial charge on any atom is -0.326 e. The second-order valence-corrected chi connectivity index (χ2v) is 7.16. The zero-order valence-corrected chi connectivity index (χ0v) is 13.1. The molecule has 0 aliphatic carbocycles. The summed E-state index contributed by atoms with van der Waals surface area (Å²) in [5, 5.41) is 0. The molecule has 0 aromatic heterocycles. The second-order valence-electron chi connectivity index (χ2n) is 6.24. The predicted octanol–water partition coefficient (Wildman–Crippen LogP) is 3.57. The first-order valence-corrected chi connectivity index (χ1v) is 7.43. The van der Waals surface area contributed by atoms with E-state index in [2.05, 4.69) is 65.9 Å². The van der Waals surface area contributed by atoms with Crippen LogP contribution in [0.1, 0.15) is 38.8 Å². The molecule has 1 aromatic rings. The maximum atomic E-state index is 6.23. The summed E-state index contributed by atoms with van der Waals surface area (Å²) in [6.07, 6.45) is 1.25. The third kappa shape index (κ3) is 3.14. The summed E-state index contributed by atoms with van der Waals surface area (Å²) in [6.45, 7) is 9.06. The van der Waals surface area contributed by atoms with Crippen molar-refractivity contribution in [3.63, 3.8) is 0 Å². The zero-order chi connectivity index (χ0) is 13.3. The van der Waals surface area contributed by atoms with Crippen LogP contribution in [0.25, 0.3) is 0 Å². The molecule has 0 radical (unpaired) electrons. The van der Waals surface area contributed by atoms with Crippen LogP contribution < -0.4 is 5.73 Å². The van der Waals surface area contributed by atoms with Crippen LogP contribution in [0.3, 0.4) is 0 Å². The molecule has 0 amide bonds. The molecule has 1 fully saturated rings. The van der Waals surface area contributed by atoms with E-state index in [1.807, 2.05) is 0 Å². The molecule has 2 unspecified atom stereocenters.